The number of alkyl halides is 3. The predicted octanol–water partition coefficient (Wildman–Crippen LogP) is 4.02. The highest BCUT2D eigenvalue weighted by Gasteiger charge is 2.36. The van der Waals surface area contributed by atoms with Gasteiger partial charge in [0.15, 0.2) is 0 Å². The number of benzene rings is 1. The minimum absolute atomic E-state index is 0.00768. The van der Waals surface area contributed by atoms with Gasteiger partial charge in [0.25, 0.3) is 0 Å². The van der Waals surface area contributed by atoms with E-state index in [1.54, 1.807) is 12.3 Å². The zero-order valence-electron chi connectivity index (χ0n) is 13.2. The molecule has 1 aromatic carbocycles. The maximum Gasteiger partial charge on any atom is 0.418 e. The smallest absolute Gasteiger partial charge is 0.418 e. The largest absolute Gasteiger partial charge is 0.508 e. The number of nitrogens with one attached hydrogen (secondary N) is 1. The number of hydrogen-bond acceptors (Lipinski definition) is 4. The predicted molar refractivity (Wildman–Crippen MR) is 87.0 cm³/mol. The average Bonchev–Trinajstić information content (AvgIpc) is 2.56. The molecule has 4 nitrogen and oxygen atoms in total. The highest BCUT2D eigenvalue weighted by atomic mass is 19.4. The van der Waals surface area contributed by atoms with Crippen molar-refractivity contribution in [2.75, 3.05) is 11.6 Å². The molecule has 1 heterocycles. The van der Waals surface area contributed by atoms with Crippen molar-refractivity contribution >= 4 is 11.9 Å². The molecule has 1 aliphatic carbocycles. The van der Waals surface area contributed by atoms with Crippen LogP contribution in [0.1, 0.15) is 37.7 Å². The first-order valence-electron chi connectivity index (χ1n) is 8.09. The first-order chi connectivity index (χ1) is 11.4. The van der Waals surface area contributed by atoms with Crippen LogP contribution in [0.5, 0.6) is 5.75 Å². The van der Waals surface area contributed by atoms with Gasteiger partial charge in [-0.1, -0.05) is 19.3 Å². The second-order valence-electron chi connectivity index (χ2n) is 6.13. The number of nitrogens with zero attached hydrogens (tertiary/aromatic N) is 2. The van der Waals surface area contributed by atoms with Crippen LogP contribution in [0.2, 0.25) is 0 Å². The Labute approximate surface area is 138 Å². The molecule has 3 rings (SSSR count). The van der Waals surface area contributed by atoms with E-state index in [0.717, 1.165) is 31.7 Å². The maximum atomic E-state index is 13.4. The van der Waals surface area contributed by atoms with Crippen molar-refractivity contribution in [2.45, 2.75) is 44.3 Å². The Bertz CT molecular complexity index is 649. The molecule has 0 saturated heterocycles. The molecule has 1 saturated carbocycles. The molecule has 0 aromatic heterocycles. The van der Waals surface area contributed by atoms with Gasteiger partial charge in [0.05, 0.1) is 11.3 Å². The first kappa shape index (κ1) is 16.7. The fourth-order valence-corrected chi connectivity index (χ4v) is 3.19. The van der Waals surface area contributed by atoms with Crippen molar-refractivity contribution in [2.24, 2.45) is 4.99 Å². The Hall–Kier alpha value is -2.18. The zero-order valence-corrected chi connectivity index (χ0v) is 13.2. The normalized spacial score (nSPS) is 19.3. The lowest BCUT2D eigenvalue weighted by Crippen LogP contribution is -2.40. The Balaban J connectivity index is 1.90. The molecule has 7 heteroatoms. The molecule has 1 aromatic rings. The number of hydrogen-bond donors (Lipinski definition) is 2. The Kier molecular flexibility index (Phi) is 4.69. The summed E-state index contributed by atoms with van der Waals surface area (Å²) in [5.41, 5.74) is -0.873. The van der Waals surface area contributed by atoms with Crippen LogP contribution in [-0.4, -0.2) is 24.0 Å². The van der Waals surface area contributed by atoms with Crippen LogP contribution in [0.4, 0.5) is 18.9 Å². The maximum absolute atomic E-state index is 13.4. The quantitative estimate of drug-likeness (QED) is 0.874. The van der Waals surface area contributed by atoms with Gasteiger partial charge in [-0.15, -0.1) is 0 Å². The molecule has 0 unspecified atom stereocenters. The molecular weight excluding hydrogens is 319 g/mol. The van der Waals surface area contributed by atoms with Crippen LogP contribution in [0.25, 0.3) is 0 Å². The molecule has 0 spiro atoms. The Morgan fingerprint density at radius 3 is 2.62 bits per heavy atom. The second-order valence-corrected chi connectivity index (χ2v) is 6.13. The fourth-order valence-electron chi connectivity index (χ4n) is 3.19. The molecule has 0 amide bonds. The minimum atomic E-state index is -4.55. The summed E-state index contributed by atoms with van der Waals surface area (Å²) >= 11 is 0. The molecule has 1 fully saturated rings. The zero-order chi connectivity index (χ0) is 17.2. The van der Waals surface area contributed by atoms with Gasteiger partial charge in [-0.25, -0.2) is 0 Å². The number of phenols is 1. The van der Waals surface area contributed by atoms with E-state index < -0.39 is 17.5 Å². The third-order valence-electron chi connectivity index (χ3n) is 4.39. The van der Waals surface area contributed by atoms with Gasteiger partial charge in [0.1, 0.15) is 18.2 Å². The Morgan fingerprint density at radius 2 is 1.92 bits per heavy atom. The van der Waals surface area contributed by atoms with Crippen molar-refractivity contribution < 1.29 is 18.3 Å². The van der Waals surface area contributed by atoms with E-state index in [2.05, 4.69) is 10.3 Å². The Morgan fingerprint density at radius 1 is 1.17 bits per heavy atom. The number of aromatic hydroxyl groups is 1. The topological polar surface area (TPSA) is 47.9 Å². The third-order valence-corrected chi connectivity index (χ3v) is 4.39. The molecule has 24 heavy (non-hydrogen) atoms. The van der Waals surface area contributed by atoms with Gasteiger partial charge >= 0.3 is 6.18 Å². The molecule has 2 N–H and O–H groups in total. The highest BCUT2D eigenvalue weighted by molar-refractivity contribution is 5.76. The van der Waals surface area contributed by atoms with Crippen LogP contribution in [-0.2, 0) is 6.18 Å². The monoisotopic (exact) mass is 339 g/mol. The van der Waals surface area contributed by atoms with Gasteiger partial charge in [-0.3, -0.25) is 4.99 Å². The standard InChI is InChI=1S/C17H20F3N3O/c18-17(19,20)14-10-13(24)6-7-15(14)23-11-21-9-8-16(23)22-12-4-2-1-3-5-12/h6-10,12,22,24H,1-5,11H2. The molecule has 0 radical (unpaired) electrons. The van der Waals surface area contributed by atoms with Gasteiger partial charge < -0.3 is 15.3 Å². The van der Waals surface area contributed by atoms with Crippen LogP contribution in [0, 0.1) is 0 Å². The van der Waals surface area contributed by atoms with Crippen molar-refractivity contribution in [1.29, 1.82) is 0 Å². The molecule has 2 aliphatic rings. The van der Waals surface area contributed by atoms with Crippen LogP contribution in [0.15, 0.2) is 35.1 Å². The summed E-state index contributed by atoms with van der Waals surface area (Å²) in [6.07, 6.45) is 4.26. The van der Waals surface area contributed by atoms with E-state index in [9.17, 15) is 18.3 Å². The van der Waals surface area contributed by atoms with E-state index in [1.807, 2.05) is 0 Å². The first-order valence-corrected chi connectivity index (χ1v) is 8.09. The molecule has 1 aliphatic heterocycles. The number of anilines is 1. The van der Waals surface area contributed by atoms with Gasteiger partial charge in [-0.2, -0.15) is 13.2 Å². The number of allylic oxidation sites excluding steroid dienone is 1. The SMILES string of the molecule is Oc1ccc(N2CN=CC=C2NC2CCCCC2)c(C(F)(F)F)c1. The summed E-state index contributed by atoms with van der Waals surface area (Å²) in [5.74, 6) is 0.213. The number of aliphatic imine (C=N–C) groups is 1. The van der Waals surface area contributed by atoms with Crippen LogP contribution < -0.4 is 10.2 Å². The molecule has 0 atom stereocenters. The lowest BCUT2D eigenvalue weighted by atomic mass is 9.95. The summed E-state index contributed by atoms with van der Waals surface area (Å²) in [6.45, 7) is 0.111. The van der Waals surface area contributed by atoms with Crippen molar-refractivity contribution in [3.8, 4) is 5.75 Å². The van der Waals surface area contributed by atoms with E-state index >= 15 is 0 Å². The molecular formula is C17H20F3N3O. The third kappa shape index (κ3) is 3.66. The van der Waals surface area contributed by atoms with Crippen LogP contribution >= 0.6 is 0 Å². The van der Waals surface area contributed by atoms with Crippen molar-refractivity contribution in [1.82, 2.24) is 5.32 Å². The number of halogens is 3. The summed E-state index contributed by atoms with van der Waals surface area (Å²) < 4.78 is 40.1. The van der Waals surface area contributed by atoms with Crippen molar-refractivity contribution in [3.63, 3.8) is 0 Å². The number of rotatable bonds is 3. The van der Waals surface area contributed by atoms with Crippen molar-refractivity contribution in [3.05, 3.63) is 35.7 Å². The summed E-state index contributed by atoms with van der Waals surface area (Å²) in [6, 6.07) is 3.58. The van der Waals surface area contributed by atoms with Crippen LogP contribution in [0.3, 0.4) is 0 Å². The van der Waals surface area contributed by atoms with Gasteiger partial charge in [-0.05, 0) is 37.1 Å². The average molecular weight is 339 g/mol. The lowest BCUT2D eigenvalue weighted by Gasteiger charge is -2.34. The molecule has 0 bridgehead atoms. The van der Waals surface area contributed by atoms with Gasteiger partial charge in [0, 0.05) is 12.3 Å². The van der Waals surface area contributed by atoms with E-state index in [4.69, 9.17) is 0 Å². The number of phenolic OH excluding ortho intramolecular Hbond substituents is 1. The summed E-state index contributed by atoms with van der Waals surface area (Å²) in [4.78, 5) is 5.59. The second kappa shape index (κ2) is 6.75. The summed E-state index contributed by atoms with van der Waals surface area (Å²) in [5, 5.41) is 12.8. The lowest BCUT2D eigenvalue weighted by molar-refractivity contribution is -0.137. The molecule has 130 valence electrons. The van der Waals surface area contributed by atoms with E-state index in [1.165, 1.54) is 23.5 Å². The van der Waals surface area contributed by atoms with Gasteiger partial charge in [0.2, 0.25) is 0 Å². The van der Waals surface area contributed by atoms with E-state index in [0.29, 0.717) is 5.82 Å². The summed E-state index contributed by atoms with van der Waals surface area (Å²) in [7, 11) is 0. The highest BCUT2D eigenvalue weighted by Crippen LogP contribution is 2.39. The van der Waals surface area contributed by atoms with E-state index in [-0.39, 0.29) is 18.4 Å². The fraction of sp³-hybridized carbons (Fsp3) is 0.471. The minimum Gasteiger partial charge on any atom is -0.508 e.